The lowest BCUT2D eigenvalue weighted by molar-refractivity contribution is -0.109. The van der Waals surface area contributed by atoms with Crippen LogP contribution in [0, 0.1) is 0 Å². The Hall–Kier alpha value is -0.710. The third-order valence-electron chi connectivity index (χ3n) is 1.91. The molecule has 2 unspecified atom stereocenters. The third kappa shape index (κ3) is 1.41. The van der Waals surface area contributed by atoms with Crippen molar-refractivity contribution in [3.05, 3.63) is 22.4 Å². The largest absolute Gasteiger partial charge is 0.302 e. The highest BCUT2D eigenvalue weighted by Crippen LogP contribution is 2.19. The van der Waals surface area contributed by atoms with E-state index in [1.54, 1.807) is 11.3 Å². The molecule has 1 saturated heterocycles. The maximum atomic E-state index is 10.4. The lowest BCUT2D eigenvalue weighted by Gasteiger charge is -2.07. The molecule has 0 aliphatic carbocycles. The summed E-state index contributed by atoms with van der Waals surface area (Å²) in [6.45, 7) is 0.728. The second kappa shape index (κ2) is 3.35. The molecule has 2 atom stereocenters. The molecule has 2 heterocycles. The minimum atomic E-state index is -0.0305. The standard InChI is InChI=1S/C8H10N2OS/c11-5-6-4-9-8(10-6)7-2-1-3-12-7/h1-3,5-6,8-10H,4H2. The van der Waals surface area contributed by atoms with Crippen molar-refractivity contribution in [1.29, 1.82) is 0 Å². The van der Waals surface area contributed by atoms with Crippen LogP contribution >= 0.6 is 11.3 Å². The molecule has 1 aliphatic rings. The van der Waals surface area contributed by atoms with Crippen molar-refractivity contribution in [3.8, 4) is 0 Å². The number of carbonyl (C=O) groups is 1. The van der Waals surface area contributed by atoms with E-state index in [-0.39, 0.29) is 12.2 Å². The summed E-state index contributed by atoms with van der Waals surface area (Å²) in [5.74, 6) is 0. The van der Waals surface area contributed by atoms with Gasteiger partial charge in [0.15, 0.2) is 0 Å². The van der Waals surface area contributed by atoms with E-state index < -0.39 is 0 Å². The fraction of sp³-hybridized carbons (Fsp3) is 0.375. The number of hydrogen-bond donors (Lipinski definition) is 2. The molecule has 1 aromatic heterocycles. The molecule has 0 amide bonds. The summed E-state index contributed by atoms with van der Waals surface area (Å²) in [7, 11) is 0. The van der Waals surface area contributed by atoms with Gasteiger partial charge in [-0.1, -0.05) is 6.07 Å². The van der Waals surface area contributed by atoms with Gasteiger partial charge in [0, 0.05) is 11.4 Å². The number of hydrogen-bond acceptors (Lipinski definition) is 4. The lowest BCUT2D eigenvalue weighted by Crippen LogP contribution is -2.26. The first-order chi connectivity index (χ1) is 5.90. The van der Waals surface area contributed by atoms with Gasteiger partial charge in [-0.15, -0.1) is 11.3 Å². The van der Waals surface area contributed by atoms with E-state index in [1.807, 2.05) is 11.4 Å². The zero-order valence-electron chi connectivity index (χ0n) is 6.49. The Balaban J connectivity index is 2.04. The second-order valence-electron chi connectivity index (χ2n) is 2.77. The van der Waals surface area contributed by atoms with Crippen molar-refractivity contribution in [1.82, 2.24) is 10.6 Å². The number of aldehydes is 1. The molecule has 12 heavy (non-hydrogen) atoms. The van der Waals surface area contributed by atoms with Gasteiger partial charge < -0.3 is 4.79 Å². The van der Waals surface area contributed by atoms with E-state index in [4.69, 9.17) is 0 Å². The molecule has 4 heteroatoms. The van der Waals surface area contributed by atoms with Crippen molar-refractivity contribution >= 4 is 17.6 Å². The van der Waals surface area contributed by atoms with Gasteiger partial charge in [0.25, 0.3) is 0 Å². The minimum absolute atomic E-state index is 0.0305. The predicted octanol–water partition coefficient (Wildman–Crippen LogP) is 0.507. The van der Waals surface area contributed by atoms with Crippen LogP contribution in [0.25, 0.3) is 0 Å². The van der Waals surface area contributed by atoms with Crippen molar-refractivity contribution in [2.45, 2.75) is 12.2 Å². The Bertz CT molecular complexity index is 260. The monoisotopic (exact) mass is 182 g/mol. The maximum Gasteiger partial charge on any atom is 0.138 e. The molecule has 3 nitrogen and oxygen atoms in total. The number of thiophene rings is 1. The quantitative estimate of drug-likeness (QED) is 0.655. The van der Waals surface area contributed by atoms with E-state index >= 15 is 0 Å². The van der Waals surface area contributed by atoms with E-state index in [0.717, 1.165) is 12.8 Å². The molecule has 1 aliphatic heterocycles. The fourth-order valence-electron chi connectivity index (χ4n) is 1.30. The van der Waals surface area contributed by atoms with Crippen LogP contribution in [0.15, 0.2) is 17.5 Å². The summed E-state index contributed by atoms with van der Waals surface area (Å²) < 4.78 is 0. The van der Waals surface area contributed by atoms with Crippen LogP contribution in [-0.4, -0.2) is 18.9 Å². The fourth-order valence-corrected chi connectivity index (χ4v) is 2.06. The topological polar surface area (TPSA) is 41.1 Å². The summed E-state index contributed by atoms with van der Waals surface area (Å²) in [5.41, 5.74) is 0. The minimum Gasteiger partial charge on any atom is -0.302 e. The van der Waals surface area contributed by atoms with Crippen LogP contribution in [0.1, 0.15) is 11.0 Å². The van der Waals surface area contributed by atoms with Crippen molar-refractivity contribution in [2.24, 2.45) is 0 Å². The van der Waals surface area contributed by atoms with Gasteiger partial charge in [0.2, 0.25) is 0 Å². The summed E-state index contributed by atoms with van der Waals surface area (Å²) in [6.07, 6.45) is 1.11. The highest BCUT2D eigenvalue weighted by Gasteiger charge is 2.23. The summed E-state index contributed by atoms with van der Waals surface area (Å²) in [5, 5.41) is 8.44. The first-order valence-corrected chi connectivity index (χ1v) is 4.76. The average Bonchev–Trinajstić information content (AvgIpc) is 2.75. The van der Waals surface area contributed by atoms with Gasteiger partial charge >= 0.3 is 0 Å². The molecule has 64 valence electrons. The Labute approximate surface area is 74.8 Å². The van der Waals surface area contributed by atoms with Crippen LogP contribution in [0.3, 0.4) is 0 Å². The van der Waals surface area contributed by atoms with Crippen LogP contribution in [0.5, 0.6) is 0 Å². The molecule has 1 aromatic rings. The summed E-state index contributed by atoms with van der Waals surface area (Å²) in [6, 6.07) is 4.04. The third-order valence-corrected chi connectivity index (χ3v) is 2.85. The van der Waals surface area contributed by atoms with E-state index in [0.29, 0.717) is 0 Å². The van der Waals surface area contributed by atoms with Gasteiger partial charge in [0.1, 0.15) is 6.29 Å². The van der Waals surface area contributed by atoms with Gasteiger partial charge in [-0.2, -0.15) is 0 Å². The smallest absolute Gasteiger partial charge is 0.138 e. The Kier molecular flexibility index (Phi) is 2.21. The van der Waals surface area contributed by atoms with E-state index in [1.165, 1.54) is 4.88 Å². The second-order valence-corrected chi connectivity index (χ2v) is 3.75. The Morgan fingerprint density at radius 2 is 2.58 bits per heavy atom. The first-order valence-electron chi connectivity index (χ1n) is 3.88. The molecule has 0 bridgehead atoms. The zero-order chi connectivity index (χ0) is 8.39. The van der Waals surface area contributed by atoms with E-state index in [9.17, 15) is 4.79 Å². The predicted molar refractivity (Wildman–Crippen MR) is 48.1 cm³/mol. The molecule has 1 fully saturated rings. The van der Waals surface area contributed by atoms with Crippen LogP contribution in [0.4, 0.5) is 0 Å². The summed E-state index contributed by atoms with van der Waals surface area (Å²) in [4.78, 5) is 11.7. The highest BCUT2D eigenvalue weighted by atomic mass is 32.1. The van der Waals surface area contributed by atoms with Gasteiger partial charge in [-0.05, 0) is 11.4 Å². The SMILES string of the molecule is O=CC1CNC(c2cccs2)N1. The maximum absolute atomic E-state index is 10.4. The first kappa shape index (κ1) is 7.91. The number of nitrogens with one attached hydrogen (secondary N) is 2. The molecule has 0 radical (unpaired) electrons. The van der Waals surface area contributed by atoms with Crippen LogP contribution in [-0.2, 0) is 4.79 Å². The zero-order valence-corrected chi connectivity index (χ0v) is 7.30. The molecule has 0 spiro atoms. The lowest BCUT2D eigenvalue weighted by atomic mass is 10.3. The van der Waals surface area contributed by atoms with Gasteiger partial charge in [0.05, 0.1) is 12.2 Å². The average molecular weight is 182 g/mol. The Morgan fingerprint density at radius 1 is 1.67 bits per heavy atom. The normalized spacial score (nSPS) is 29.0. The van der Waals surface area contributed by atoms with Crippen LogP contribution in [0.2, 0.25) is 0 Å². The number of carbonyl (C=O) groups excluding carboxylic acids is 1. The molecule has 0 aromatic carbocycles. The summed E-state index contributed by atoms with van der Waals surface area (Å²) >= 11 is 1.69. The molecular formula is C8H10N2OS. The van der Waals surface area contributed by atoms with Gasteiger partial charge in [-0.3, -0.25) is 10.6 Å². The molecule has 2 N–H and O–H groups in total. The van der Waals surface area contributed by atoms with Gasteiger partial charge in [-0.25, -0.2) is 0 Å². The van der Waals surface area contributed by atoms with Crippen molar-refractivity contribution < 1.29 is 4.79 Å². The Morgan fingerprint density at radius 3 is 3.17 bits per heavy atom. The van der Waals surface area contributed by atoms with Crippen LogP contribution < -0.4 is 10.6 Å². The van der Waals surface area contributed by atoms with E-state index in [2.05, 4.69) is 16.7 Å². The van der Waals surface area contributed by atoms with Crippen molar-refractivity contribution in [2.75, 3.05) is 6.54 Å². The number of rotatable bonds is 2. The molecular weight excluding hydrogens is 172 g/mol. The highest BCUT2D eigenvalue weighted by molar-refractivity contribution is 7.10. The molecule has 2 rings (SSSR count). The van der Waals surface area contributed by atoms with Crippen molar-refractivity contribution in [3.63, 3.8) is 0 Å². The molecule has 0 saturated carbocycles.